The van der Waals surface area contributed by atoms with Gasteiger partial charge >= 0.3 is 37.3 Å². The van der Waals surface area contributed by atoms with Crippen LogP contribution in [-0.2, 0) is 9.47 Å². The van der Waals surface area contributed by atoms with E-state index in [1.165, 1.54) is 25.7 Å². The maximum atomic E-state index is 4.94. The average Bonchev–Trinajstić information content (AvgIpc) is 3.96. The van der Waals surface area contributed by atoms with E-state index < -0.39 is 0 Å². The number of ether oxygens (including phenoxy) is 2. The number of nitrogens with zero attached hydrogens (tertiary/aromatic N) is 3. The van der Waals surface area contributed by atoms with Crippen molar-refractivity contribution in [2.75, 3.05) is 26.4 Å². The Morgan fingerprint density at radius 1 is 0.260 bits per heavy atom. The van der Waals surface area contributed by atoms with Crippen LogP contribution in [0.1, 0.15) is 25.7 Å². The summed E-state index contributed by atoms with van der Waals surface area (Å²) in [6.45, 7) is 4.00. The Bertz CT molecular complexity index is 1280. The summed E-state index contributed by atoms with van der Waals surface area (Å²) in [6.07, 6.45) is 5.11. The van der Waals surface area contributed by atoms with Crippen molar-refractivity contribution in [2.24, 2.45) is 0 Å². The minimum absolute atomic E-state index is 0. The normalized spacial score (nSPS) is 12.2. The van der Waals surface area contributed by atoms with Gasteiger partial charge in [-0.3, -0.25) is 0 Å². The van der Waals surface area contributed by atoms with Gasteiger partial charge in [0.1, 0.15) is 0 Å². The Hall–Kier alpha value is -4.11. The van der Waals surface area contributed by atoms with E-state index in [-0.39, 0.29) is 37.3 Å². The Morgan fingerprint density at radius 2 is 0.420 bits per heavy atom. The molecule has 0 amide bonds. The maximum absolute atomic E-state index is 4.94. The molecule has 2 fully saturated rings. The Kier molecular flexibility index (Phi) is 21.5. The van der Waals surface area contributed by atoms with Gasteiger partial charge < -0.3 is 25.4 Å². The van der Waals surface area contributed by atoms with Gasteiger partial charge in [-0.25, -0.2) is 0 Å². The van der Waals surface area contributed by atoms with Crippen LogP contribution < -0.4 is 0 Å². The van der Waals surface area contributed by atoms with E-state index in [9.17, 15) is 0 Å². The van der Waals surface area contributed by atoms with Crippen LogP contribution in [0.4, 0.5) is 34.1 Å². The fourth-order valence-corrected chi connectivity index (χ4v) is 4.48. The van der Waals surface area contributed by atoms with Gasteiger partial charge in [-0.05, 0) is 25.7 Å². The topological polar surface area (TPSA) is 60.8 Å². The van der Waals surface area contributed by atoms with Crippen LogP contribution in [-0.4, -0.2) is 26.4 Å². The van der Waals surface area contributed by atoms with E-state index in [0.717, 1.165) is 60.6 Å². The van der Waals surface area contributed by atoms with Crippen molar-refractivity contribution in [3.63, 3.8) is 0 Å². The molecule has 2 heterocycles. The van der Waals surface area contributed by atoms with E-state index >= 15 is 0 Å². The van der Waals surface area contributed by atoms with E-state index in [4.69, 9.17) is 9.47 Å². The fourth-order valence-electron chi connectivity index (χ4n) is 4.48. The van der Waals surface area contributed by atoms with E-state index in [1.54, 1.807) is 0 Å². The molecule has 2 aliphatic heterocycles. The van der Waals surface area contributed by atoms with Gasteiger partial charge in [-0.15, -0.1) is 34.1 Å². The first-order valence-corrected chi connectivity index (χ1v) is 17.0. The summed E-state index contributed by atoms with van der Waals surface area (Å²) >= 11 is 0. The summed E-state index contributed by atoms with van der Waals surface area (Å²) in [5.41, 5.74) is 5.97. The third-order valence-corrected chi connectivity index (χ3v) is 6.97. The van der Waals surface area contributed by atoms with Crippen LogP contribution in [0.2, 0.25) is 0 Å². The monoisotopic (exact) mass is 814 g/mol. The molecule has 0 bridgehead atoms. The van der Waals surface area contributed by atoms with Crippen LogP contribution in [0.5, 0.6) is 0 Å². The van der Waals surface area contributed by atoms with Crippen molar-refractivity contribution in [1.82, 2.24) is 0 Å². The van der Waals surface area contributed by atoms with Crippen molar-refractivity contribution >= 4 is 34.1 Å². The van der Waals surface area contributed by atoms with Crippen molar-refractivity contribution < 1.29 is 46.8 Å². The van der Waals surface area contributed by atoms with Gasteiger partial charge in [0.2, 0.25) is 0 Å². The molecule has 6 heteroatoms. The molecule has 2 saturated heterocycles. The number of hydrogen-bond acceptors (Lipinski definition) is 2. The third kappa shape index (κ3) is 18.6. The number of rotatable bonds is 6. The quantitative estimate of drug-likeness (QED) is 0.168. The zero-order valence-electron chi connectivity index (χ0n) is 28.4. The molecule has 5 nitrogen and oxygen atoms in total. The van der Waals surface area contributed by atoms with Crippen LogP contribution in [0.15, 0.2) is 182 Å². The summed E-state index contributed by atoms with van der Waals surface area (Å²) in [7, 11) is 0. The summed E-state index contributed by atoms with van der Waals surface area (Å²) in [4.78, 5) is 0. The standard InChI is InChI=1S/3C12H10N.2C4H8O.Er/c3*1-3-7-11(8-4-1)13-12-9-5-2-6-10-12;2*1-2-4-5-3-1;/h3*1-10H;2*1-4H2;/q3*-1;;;+3. The first-order chi connectivity index (χ1) is 24.3. The van der Waals surface area contributed by atoms with Gasteiger partial charge in [0, 0.05) is 26.4 Å². The summed E-state index contributed by atoms with van der Waals surface area (Å²) in [5, 5.41) is 13.3. The van der Waals surface area contributed by atoms with E-state index in [0.29, 0.717) is 0 Å². The van der Waals surface area contributed by atoms with E-state index in [1.807, 2.05) is 182 Å². The molecule has 8 rings (SSSR count). The molecular weight excluding hydrogens is 770 g/mol. The molecule has 6 aromatic carbocycles. The SMILES string of the molecule is C1CCOC1.C1CCOC1.[Er+3].c1ccc([N-]c2ccccc2)cc1.c1ccc([N-]c2ccccc2)cc1.c1ccc([N-]c2ccccc2)cc1. The Morgan fingerprint density at radius 3 is 0.540 bits per heavy atom. The molecule has 261 valence electrons. The van der Waals surface area contributed by atoms with Crippen LogP contribution in [0, 0.1) is 37.3 Å². The molecule has 50 heavy (non-hydrogen) atoms. The largest absolute Gasteiger partial charge is 3.00 e. The first-order valence-electron chi connectivity index (χ1n) is 17.0. The molecule has 0 aromatic heterocycles. The summed E-state index contributed by atoms with van der Waals surface area (Å²) in [6, 6.07) is 59.7. The van der Waals surface area contributed by atoms with Crippen LogP contribution in [0.3, 0.4) is 0 Å². The average molecular weight is 816 g/mol. The minimum Gasteiger partial charge on any atom is -0.658 e. The van der Waals surface area contributed by atoms with Crippen molar-refractivity contribution in [1.29, 1.82) is 0 Å². The predicted octanol–water partition coefficient (Wildman–Crippen LogP) is 13.7. The fraction of sp³-hybridized carbons (Fsp3) is 0.182. The molecule has 2 aliphatic rings. The van der Waals surface area contributed by atoms with E-state index in [2.05, 4.69) is 16.0 Å². The number of benzene rings is 6. The first kappa shape index (κ1) is 40.3. The Labute approximate surface area is 328 Å². The molecule has 0 unspecified atom stereocenters. The van der Waals surface area contributed by atoms with Gasteiger partial charge in [-0.2, -0.15) is 0 Å². The minimum atomic E-state index is 0. The molecule has 0 aliphatic carbocycles. The molecular formula is C44H46ErN3O2. The van der Waals surface area contributed by atoms with Crippen LogP contribution in [0.25, 0.3) is 16.0 Å². The summed E-state index contributed by atoms with van der Waals surface area (Å²) in [5.74, 6) is 0. The molecule has 0 atom stereocenters. The summed E-state index contributed by atoms with van der Waals surface area (Å²) < 4.78 is 9.89. The molecule has 6 aromatic rings. The van der Waals surface area contributed by atoms with Gasteiger partial charge in [0.05, 0.1) is 0 Å². The van der Waals surface area contributed by atoms with Crippen molar-refractivity contribution in [2.45, 2.75) is 25.7 Å². The van der Waals surface area contributed by atoms with Gasteiger partial charge in [0.25, 0.3) is 0 Å². The van der Waals surface area contributed by atoms with Crippen molar-refractivity contribution in [3.05, 3.63) is 198 Å². The van der Waals surface area contributed by atoms with Gasteiger partial charge in [0.15, 0.2) is 0 Å². The molecule has 0 N–H and O–H groups in total. The molecule has 0 saturated carbocycles. The molecule has 1 radical (unpaired) electrons. The second-order valence-electron chi connectivity index (χ2n) is 11.0. The second kappa shape index (κ2) is 26.7. The zero-order chi connectivity index (χ0) is 33.9. The van der Waals surface area contributed by atoms with Gasteiger partial charge in [-0.1, -0.05) is 182 Å². The second-order valence-corrected chi connectivity index (χ2v) is 11.0. The smallest absolute Gasteiger partial charge is 0.658 e. The predicted molar refractivity (Wildman–Crippen MR) is 207 cm³/mol. The molecule has 0 spiro atoms. The maximum Gasteiger partial charge on any atom is 3.00 e. The van der Waals surface area contributed by atoms with Crippen LogP contribution >= 0.6 is 0 Å². The Balaban J connectivity index is 0.000000176. The number of hydrogen-bond donors (Lipinski definition) is 0. The zero-order valence-corrected chi connectivity index (χ0v) is 30.3. The van der Waals surface area contributed by atoms with Crippen molar-refractivity contribution in [3.8, 4) is 0 Å². The third-order valence-electron chi connectivity index (χ3n) is 6.97. The number of para-hydroxylation sites is 6.